The van der Waals surface area contributed by atoms with Crippen LogP contribution in [-0.4, -0.2) is 22.1 Å². The number of carboxylic acids is 1. The zero-order chi connectivity index (χ0) is 7.28. The minimum absolute atomic E-state index is 0.262. The van der Waals surface area contributed by atoms with Crippen molar-refractivity contribution in [3.8, 4) is 0 Å². The molecule has 0 saturated heterocycles. The van der Waals surface area contributed by atoms with Crippen LogP contribution in [0.25, 0.3) is 0 Å². The number of rotatable bonds is 4. The van der Waals surface area contributed by atoms with E-state index in [1.807, 2.05) is 6.92 Å². The fourth-order valence-electron chi connectivity index (χ4n) is 0.506. The average molecular weight is 147 g/mol. The summed E-state index contributed by atoms with van der Waals surface area (Å²) in [5.74, 6) is -0.101. The molecule has 2 nitrogen and oxygen atoms in total. The van der Waals surface area contributed by atoms with Crippen LogP contribution in [0.15, 0.2) is 0 Å². The van der Waals surface area contributed by atoms with Crippen LogP contribution in [0.4, 0.5) is 0 Å². The van der Waals surface area contributed by atoms with E-state index >= 15 is 0 Å². The van der Waals surface area contributed by atoms with Crippen molar-refractivity contribution in [1.29, 1.82) is 0 Å². The Kier molecular flexibility index (Phi) is 4.58. The Balaban J connectivity index is 3.54. The normalized spacial score (nSPS) is 13.1. The van der Waals surface area contributed by atoms with Gasteiger partial charge in [0.1, 0.15) is 5.25 Å². The van der Waals surface area contributed by atoms with Crippen LogP contribution in [-0.2, 0) is 4.79 Å². The molecule has 0 aromatic rings. The number of aliphatic carboxylic acids is 1. The molecule has 53 valence electrons. The Hall–Kier alpha value is -0.180. The minimum atomic E-state index is -0.730. The van der Waals surface area contributed by atoms with Crippen molar-refractivity contribution in [3.63, 3.8) is 0 Å². The van der Waals surface area contributed by atoms with Gasteiger partial charge in [0.05, 0.1) is 0 Å². The Morgan fingerprint density at radius 2 is 2.44 bits per heavy atom. The minimum Gasteiger partial charge on any atom is -0.480 e. The van der Waals surface area contributed by atoms with Gasteiger partial charge >= 0.3 is 5.97 Å². The molecule has 0 bridgehead atoms. The molecule has 0 aromatic heterocycles. The molecule has 0 rings (SSSR count). The molecule has 9 heavy (non-hydrogen) atoms. The lowest BCUT2D eigenvalue weighted by Crippen LogP contribution is -2.14. The first-order valence-corrected chi connectivity index (χ1v) is 3.90. The van der Waals surface area contributed by atoms with Gasteiger partial charge < -0.3 is 5.11 Å². The first-order valence-electron chi connectivity index (χ1n) is 2.86. The topological polar surface area (TPSA) is 37.3 Å². The molecule has 0 fully saturated rings. The number of carboxylic acid groups (broad SMARTS) is 1. The van der Waals surface area contributed by atoms with Crippen molar-refractivity contribution in [3.05, 3.63) is 6.92 Å². The average Bonchev–Trinajstić information content (AvgIpc) is 1.82. The number of hydrogen-bond acceptors (Lipinski definition) is 2. The van der Waals surface area contributed by atoms with Crippen LogP contribution in [0.3, 0.4) is 0 Å². The summed E-state index contributed by atoms with van der Waals surface area (Å²) in [7, 11) is 0. The number of thioether (sulfide) groups is 1. The fraction of sp³-hybridized carbons (Fsp3) is 0.667. The maximum atomic E-state index is 10.3. The molecule has 1 atom stereocenters. The van der Waals surface area contributed by atoms with Crippen molar-refractivity contribution in [1.82, 2.24) is 0 Å². The summed E-state index contributed by atoms with van der Waals surface area (Å²) in [6, 6.07) is 0. The molecular formula is C6H11O2S. The van der Waals surface area contributed by atoms with E-state index < -0.39 is 5.97 Å². The van der Waals surface area contributed by atoms with Crippen LogP contribution in [0.2, 0.25) is 0 Å². The first-order chi connectivity index (χ1) is 4.22. The smallest absolute Gasteiger partial charge is 0.316 e. The zero-order valence-corrected chi connectivity index (χ0v) is 6.28. The third kappa shape index (κ3) is 3.40. The summed E-state index contributed by atoms with van der Waals surface area (Å²) in [5.41, 5.74) is 0. The zero-order valence-electron chi connectivity index (χ0n) is 5.46. The monoisotopic (exact) mass is 147 g/mol. The lowest BCUT2D eigenvalue weighted by Gasteiger charge is -2.05. The lowest BCUT2D eigenvalue weighted by atomic mass is 10.3. The Bertz CT molecular complexity index is 93.1. The van der Waals surface area contributed by atoms with Gasteiger partial charge in [0, 0.05) is 0 Å². The highest BCUT2D eigenvalue weighted by Crippen LogP contribution is 2.12. The second-order valence-corrected chi connectivity index (χ2v) is 2.92. The van der Waals surface area contributed by atoms with Gasteiger partial charge in [0.2, 0.25) is 0 Å². The molecule has 1 radical (unpaired) electrons. The molecule has 0 aromatic carbocycles. The van der Waals surface area contributed by atoms with E-state index in [-0.39, 0.29) is 5.25 Å². The van der Waals surface area contributed by atoms with Crippen LogP contribution in [0.1, 0.15) is 13.3 Å². The molecule has 0 aliphatic heterocycles. The molecule has 0 amide bonds. The van der Waals surface area contributed by atoms with Gasteiger partial charge in [0.25, 0.3) is 0 Å². The Labute approximate surface area is 59.6 Å². The van der Waals surface area contributed by atoms with Gasteiger partial charge in [-0.15, -0.1) is 11.8 Å². The molecule has 0 aliphatic rings. The molecule has 0 saturated carbocycles. The van der Waals surface area contributed by atoms with Gasteiger partial charge in [-0.05, 0) is 19.1 Å². The predicted octanol–water partition coefficient (Wildman–Crippen LogP) is 1.42. The fourth-order valence-corrected chi connectivity index (χ4v) is 1.17. The second kappa shape index (κ2) is 4.68. The molecule has 0 spiro atoms. The summed E-state index contributed by atoms with van der Waals surface area (Å²) in [6.45, 7) is 5.42. The summed E-state index contributed by atoms with van der Waals surface area (Å²) in [6.07, 6.45) is 0.676. The summed E-state index contributed by atoms with van der Waals surface area (Å²) in [4.78, 5) is 10.3. The van der Waals surface area contributed by atoms with Crippen LogP contribution >= 0.6 is 11.8 Å². The summed E-state index contributed by atoms with van der Waals surface area (Å²) in [5, 5.41) is 8.19. The first kappa shape index (κ1) is 8.82. The van der Waals surface area contributed by atoms with E-state index in [1.54, 1.807) is 0 Å². The largest absolute Gasteiger partial charge is 0.480 e. The van der Waals surface area contributed by atoms with Gasteiger partial charge in [-0.2, -0.15) is 0 Å². The van der Waals surface area contributed by atoms with Gasteiger partial charge in [-0.3, -0.25) is 4.79 Å². The summed E-state index contributed by atoms with van der Waals surface area (Å²) < 4.78 is 0. The third-order valence-electron chi connectivity index (χ3n) is 0.965. The van der Waals surface area contributed by atoms with E-state index in [1.165, 1.54) is 11.8 Å². The molecule has 1 N–H and O–H groups in total. The highest BCUT2D eigenvalue weighted by Gasteiger charge is 2.12. The van der Waals surface area contributed by atoms with Gasteiger partial charge in [0.15, 0.2) is 0 Å². The highest BCUT2D eigenvalue weighted by atomic mass is 32.2. The molecular weight excluding hydrogens is 136 g/mol. The molecule has 3 heteroatoms. The quantitative estimate of drug-likeness (QED) is 0.653. The summed E-state index contributed by atoms with van der Waals surface area (Å²) >= 11 is 1.37. The molecule has 0 heterocycles. The van der Waals surface area contributed by atoms with Crippen molar-refractivity contribution in [2.45, 2.75) is 18.6 Å². The Morgan fingerprint density at radius 1 is 1.89 bits per heavy atom. The van der Waals surface area contributed by atoms with E-state index in [4.69, 9.17) is 5.11 Å². The van der Waals surface area contributed by atoms with Crippen LogP contribution in [0.5, 0.6) is 0 Å². The molecule has 1 unspecified atom stereocenters. The maximum Gasteiger partial charge on any atom is 0.316 e. The number of carbonyl (C=O) groups is 1. The van der Waals surface area contributed by atoms with Crippen molar-refractivity contribution < 1.29 is 9.90 Å². The lowest BCUT2D eigenvalue weighted by molar-refractivity contribution is -0.136. The van der Waals surface area contributed by atoms with E-state index in [0.717, 1.165) is 0 Å². The van der Waals surface area contributed by atoms with E-state index in [2.05, 4.69) is 6.92 Å². The van der Waals surface area contributed by atoms with Crippen molar-refractivity contribution in [2.75, 3.05) is 5.75 Å². The predicted molar refractivity (Wildman–Crippen MR) is 39.5 cm³/mol. The SMILES string of the molecule is [CH2]CSC(CC)C(=O)O. The van der Waals surface area contributed by atoms with Crippen LogP contribution < -0.4 is 0 Å². The third-order valence-corrected chi connectivity index (χ3v) is 2.14. The highest BCUT2D eigenvalue weighted by molar-refractivity contribution is 8.00. The van der Waals surface area contributed by atoms with Crippen LogP contribution in [0, 0.1) is 6.92 Å². The van der Waals surface area contributed by atoms with E-state index in [0.29, 0.717) is 12.2 Å². The van der Waals surface area contributed by atoms with Crippen molar-refractivity contribution >= 4 is 17.7 Å². The van der Waals surface area contributed by atoms with Gasteiger partial charge in [-0.1, -0.05) is 6.92 Å². The standard InChI is InChI=1S/C6H11O2S/c1-3-5(6(7)8)9-4-2/h5H,2-4H2,1H3,(H,7,8). The maximum absolute atomic E-state index is 10.3. The van der Waals surface area contributed by atoms with Gasteiger partial charge in [-0.25, -0.2) is 0 Å². The Morgan fingerprint density at radius 3 is 2.56 bits per heavy atom. The van der Waals surface area contributed by atoms with E-state index in [9.17, 15) is 4.79 Å². The van der Waals surface area contributed by atoms with Crippen molar-refractivity contribution in [2.24, 2.45) is 0 Å². The number of hydrogen-bond donors (Lipinski definition) is 1. The second-order valence-electron chi connectivity index (χ2n) is 1.61. The molecule has 0 aliphatic carbocycles.